The third-order valence-corrected chi connectivity index (χ3v) is 2.94. The van der Waals surface area contributed by atoms with Crippen LogP contribution in [-0.2, 0) is 0 Å². The number of hydrogen-bond acceptors (Lipinski definition) is 4. The van der Waals surface area contributed by atoms with Crippen LogP contribution in [0.25, 0.3) is 0 Å². The molecule has 86 valence electrons. The summed E-state index contributed by atoms with van der Waals surface area (Å²) in [5.41, 5.74) is 0.480. The molecule has 0 bridgehead atoms. The molecule has 1 unspecified atom stereocenters. The Morgan fingerprint density at radius 3 is 3.12 bits per heavy atom. The van der Waals surface area contributed by atoms with Gasteiger partial charge in [0.25, 0.3) is 0 Å². The second kappa shape index (κ2) is 5.70. The third kappa shape index (κ3) is 3.10. The lowest BCUT2D eigenvalue weighted by molar-refractivity contribution is 0.0963. The fourth-order valence-corrected chi connectivity index (χ4v) is 2.05. The van der Waals surface area contributed by atoms with E-state index in [1.54, 1.807) is 18.6 Å². The molecule has 16 heavy (non-hydrogen) atoms. The maximum atomic E-state index is 11.9. The number of nitrogens with zero attached hydrogens (tertiary/aromatic N) is 2. The van der Waals surface area contributed by atoms with Gasteiger partial charge in [0.2, 0.25) is 0 Å². The zero-order chi connectivity index (χ0) is 11.2. The number of rotatable bonds is 3. The molecule has 1 aromatic heterocycles. The standard InChI is InChI=1S/C12H17N3O/c16-12(11-9-13-6-7-15-11)8-10-4-2-1-3-5-14-10/h6-7,9-10,14H,1-5,8H2. The highest BCUT2D eigenvalue weighted by molar-refractivity contribution is 5.94. The summed E-state index contributed by atoms with van der Waals surface area (Å²) in [6.45, 7) is 1.03. The molecule has 1 atom stereocenters. The second-order valence-electron chi connectivity index (χ2n) is 4.22. The van der Waals surface area contributed by atoms with Crippen molar-refractivity contribution in [2.45, 2.75) is 38.1 Å². The highest BCUT2D eigenvalue weighted by atomic mass is 16.1. The zero-order valence-corrected chi connectivity index (χ0v) is 9.35. The number of nitrogens with one attached hydrogen (secondary N) is 1. The van der Waals surface area contributed by atoms with E-state index in [1.165, 1.54) is 19.3 Å². The summed E-state index contributed by atoms with van der Waals surface area (Å²) >= 11 is 0. The quantitative estimate of drug-likeness (QED) is 0.784. The Morgan fingerprint density at radius 2 is 2.31 bits per heavy atom. The van der Waals surface area contributed by atoms with Crippen molar-refractivity contribution in [3.8, 4) is 0 Å². The Morgan fingerprint density at radius 1 is 1.38 bits per heavy atom. The number of carbonyl (C=O) groups excluding carboxylic acids is 1. The van der Waals surface area contributed by atoms with Crippen LogP contribution in [0.3, 0.4) is 0 Å². The van der Waals surface area contributed by atoms with Crippen molar-refractivity contribution in [3.05, 3.63) is 24.3 Å². The lowest BCUT2D eigenvalue weighted by atomic mass is 10.0. The maximum absolute atomic E-state index is 11.9. The minimum Gasteiger partial charge on any atom is -0.314 e. The fraction of sp³-hybridized carbons (Fsp3) is 0.583. The highest BCUT2D eigenvalue weighted by Crippen LogP contribution is 2.12. The van der Waals surface area contributed by atoms with Crippen LogP contribution in [0.2, 0.25) is 0 Å². The molecule has 0 aliphatic carbocycles. The van der Waals surface area contributed by atoms with Crippen LogP contribution in [0.4, 0.5) is 0 Å². The van der Waals surface area contributed by atoms with Crippen LogP contribution in [0.1, 0.15) is 42.6 Å². The van der Waals surface area contributed by atoms with E-state index in [0.29, 0.717) is 18.2 Å². The number of ketones is 1. The molecule has 0 spiro atoms. The summed E-state index contributed by atoms with van der Waals surface area (Å²) in [5, 5.41) is 3.41. The Labute approximate surface area is 95.5 Å². The number of Topliss-reactive ketones (excluding diaryl/α,β-unsaturated/α-hetero) is 1. The van der Waals surface area contributed by atoms with Crippen LogP contribution in [0, 0.1) is 0 Å². The molecule has 1 aliphatic rings. The van der Waals surface area contributed by atoms with Gasteiger partial charge in [0.15, 0.2) is 5.78 Å². The Hall–Kier alpha value is -1.29. The van der Waals surface area contributed by atoms with E-state index in [4.69, 9.17) is 0 Å². The van der Waals surface area contributed by atoms with E-state index in [2.05, 4.69) is 15.3 Å². The van der Waals surface area contributed by atoms with Crippen LogP contribution in [-0.4, -0.2) is 28.3 Å². The lowest BCUT2D eigenvalue weighted by Crippen LogP contribution is -2.30. The van der Waals surface area contributed by atoms with E-state index in [0.717, 1.165) is 13.0 Å². The Kier molecular flexibility index (Phi) is 3.99. The molecule has 1 saturated heterocycles. The first kappa shape index (κ1) is 11.2. The number of aromatic nitrogens is 2. The number of hydrogen-bond donors (Lipinski definition) is 1. The lowest BCUT2D eigenvalue weighted by Gasteiger charge is -2.13. The topological polar surface area (TPSA) is 54.9 Å². The molecular formula is C12H17N3O. The average Bonchev–Trinajstić information content (AvgIpc) is 2.59. The molecular weight excluding hydrogens is 202 g/mol. The zero-order valence-electron chi connectivity index (χ0n) is 9.35. The van der Waals surface area contributed by atoms with Crippen molar-refractivity contribution >= 4 is 5.78 Å². The van der Waals surface area contributed by atoms with Crippen LogP contribution >= 0.6 is 0 Å². The molecule has 1 N–H and O–H groups in total. The van der Waals surface area contributed by atoms with Gasteiger partial charge in [-0.3, -0.25) is 9.78 Å². The Balaban J connectivity index is 1.91. The molecule has 0 aromatic carbocycles. The molecule has 0 saturated carbocycles. The third-order valence-electron chi connectivity index (χ3n) is 2.94. The first-order valence-corrected chi connectivity index (χ1v) is 5.89. The summed E-state index contributed by atoms with van der Waals surface area (Å²) < 4.78 is 0. The van der Waals surface area contributed by atoms with Crippen molar-refractivity contribution < 1.29 is 4.79 Å². The molecule has 4 heteroatoms. The molecule has 1 aliphatic heterocycles. The summed E-state index contributed by atoms with van der Waals surface area (Å²) in [7, 11) is 0. The normalized spacial score (nSPS) is 21.4. The maximum Gasteiger partial charge on any atom is 0.184 e. The molecule has 2 rings (SSSR count). The van der Waals surface area contributed by atoms with Crippen LogP contribution < -0.4 is 5.32 Å². The van der Waals surface area contributed by atoms with Gasteiger partial charge < -0.3 is 5.32 Å². The van der Waals surface area contributed by atoms with Crippen molar-refractivity contribution in [3.63, 3.8) is 0 Å². The van der Waals surface area contributed by atoms with Crippen LogP contribution in [0.5, 0.6) is 0 Å². The van der Waals surface area contributed by atoms with Crippen molar-refractivity contribution in [1.29, 1.82) is 0 Å². The molecule has 4 nitrogen and oxygen atoms in total. The Bertz CT molecular complexity index is 331. The molecule has 1 fully saturated rings. The SMILES string of the molecule is O=C(CC1CCCCCN1)c1cnccn1. The number of carbonyl (C=O) groups is 1. The van der Waals surface area contributed by atoms with Gasteiger partial charge in [-0.05, 0) is 19.4 Å². The predicted molar refractivity (Wildman–Crippen MR) is 61.2 cm³/mol. The van der Waals surface area contributed by atoms with E-state index < -0.39 is 0 Å². The first-order chi connectivity index (χ1) is 7.86. The molecule has 2 heterocycles. The van der Waals surface area contributed by atoms with E-state index in [1.807, 2.05) is 0 Å². The molecule has 0 radical (unpaired) electrons. The van der Waals surface area contributed by atoms with Crippen molar-refractivity contribution in [1.82, 2.24) is 15.3 Å². The fourth-order valence-electron chi connectivity index (χ4n) is 2.05. The van der Waals surface area contributed by atoms with E-state index >= 15 is 0 Å². The van der Waals surface area contributed by atoms with Crippen molar-refractivity contribution in [2.75, 3.05) is 6.54 Å². The first-order valence-electron chi connectivity index (χ1n) is 5.89. The average molecular weight is 219 g/mol. The van der Waals surface area contributed by atoms with Gasteiger partial charge in [-0.15, -0.1) is 0 Å². The summed E-state index contributed by atoms with van der Waals surface area (Å²) in [5.74, 6) is 0.0903. The largest absolute Gasteiger partial charge is 0.314 e. The van der Waals surface area contributed by atoms with Gasteiger partial charge in [0.1, 0.15) is 5.69 Å². The molecule has 1 aromatic rings. The highest BCUT2D eigenvalue weighted by Gasteiger charge is 2.17. The summed E-state index contributed by atoms with van der Waals surface area (Å²) in [6.07, 6.45) is 10.0. The van der Waals surface area contributed by atoms with E-state index in [9.17, 15) is 4.79 Å². The summed E-state index contributed by atoms with van der Waals surface area (Å²) in [6, 6.07) is 0.317. The van der Waals surface area contributed by atoms with E-state index in [-0.39, 0.29) is 5.78 Å². The minimum atomic E-state index is 0.0903. The van der Waals surface area contributed by atoms with Crippen molar-refractivity contribution in [2.24, 2.45) is 0 Å². The van der Waals surface area contributed by atoms with Gasteiger partial charge >= 0.3 is 0 Å². The second-order valence-corrected chi connectivity index (χ2v) is 4.22. The predicted octanol–water partition coefficient (Wildman–Crippen LogP) is 1.58. The minimum absolute atomic E-state index is 0.0903. The van der Waals surface area contributed by atoms with Gasteiger partial charge in [0.05, 0.1) is 6.20 Å². The monoisotopic (exact) mass is 219 g/mol. The van der Waals surface area contributed by atoms with Gasteiger partial charge in [-0.25, -0.2) is 4.98 Å². The smallest absolute Gasteiger partial charge is 0.184 e. The van der Waals surface area contributed by atoms with Crippen LogP contribution in [0.15, 0.2) is 18.6 Å². The van der Waals surface area contributed by atoms with Gasteiger partial charge in [-0.2, -0.15) is 0 Å². The van der Waals surface area contributed by atoms with Gasteiger partial charge in [-0.1, -0.05) is 12.8 Å². The molecule has 0 amide bonds. The summed E-state index contributed by atoms with van der Waals surface area (Å²) in [4.78, 5) is 19.8. The van der Waals surface area contributed by atoms with Gasteiger partial charge in [0, 0.05) is 24.9 Å².